The van der Waals surface area contributed by atoms with E-state index < -0.39 is 0 Å². The number of nitrogens with two attached hydrogens (primary N) is 1. The summed E-state index contributed by atoms with van der Waals surface area (Å²) in [5, 5.41) is 0. The summed E-state index contributed by atoms with van der Waals surface area (Å²) < 4.78 is 0.259. The van der Waals surface area contributed by atoms with Crippen LogP contribution in [0.15, 0.2) is 75.5 Å². The first-order chi connectivity index (χ1) is 14.5. The molecule has 2 N–H and O–H groups in total. The van der Waals surface area contributed by atoms with Gasteiger partial charge in [-0.2, -0.15) is 0 Å². The van der Waals surface area contributed by atoms with Gasteiger partial charge in [-0.3, -0.25) is 19.5 Å². The van der Waals surface area contributed by atoms with Crippen molar-refractivity contribution in [3.05, 3.63) is 71.8 Å². The van der Waals surface area contributed by atoms with Crippen LogP contribution >= 0.6 is 23.5 Å². The van der Waals surface area contributed by atoms with Gasteiger partial charge in [-0.15, -0.1) is 23.5 Å². The smallest absolute Gasteiger partial charge is 0.261 e. The van der Waals surface area contributed by atoms with Gasteiger partial charge in [-0.1, -0.05) is 36.4 Å². The van der Waals surface area contributed by atoms with E-state index in [4.69, 9.17) is 5.73 Å². The molecule has 0 radical (unpaired) electrons. The van der Waals surface area contributed by atoms with Gasteiger partial charge in [0.25, 0.3) is 11.8 Å². The number of thioether (sulfide) groups is 2. The molecule has 2 aliphatic heterocycles. The molecule has 0 bridgehead atoms. The lowest BCUT2D eigenvalue weighted by atomic mass is 10.1. The van der Waals surface area contributed by atoms with Crippen molar-refractivity contribution < 1.29 is 9.59 Å². The number of fused-ring (bicyclic) bond motifs is 2. The number of amides is 2. The van der Waals surface area contributed by atoms with Crippen molar-refractivity contribution in [3.63, 3.8) is 0 Å². The van der Waals surface area contributed by atoms with Crippen LogP contribution in [0.25, 0.3) is 0 Å². The lowest BCUT2D eigenvalue weighted by Crippen LogP contribution is -2.40. The molecule has 2 aliphatic rings. The zero-order valence-electron chi connectivity index (χ0n) is 16.7. The number of carbonyl (C=O) groups is 2. The molecule has 154 valence electrons. The number of rotatable bonds is 7. The molecule has 2 heterocycles. The minimum absolute atomic E-state index is 0.199. The lowest BCUT2D eigenvalue weighted by Gasteiger charge is -2.27. The van der Waals surface area contributed by atoms with Gasteiger partial charge in [0.05, 0.1) is 28.1 Å². The highest BCUT2D eigenvalue weighted by atomic mass is 32.2. The van der Waals surface area contributed by atoms with E-state index in [9.17, 15) is 9.59 Å². The normalized spacial score (nSPS) is 17.6. The van der Waals surface area contributed by atoms with Gasteiger partial charge in [-0.05, 0) is 44.0 Å². The summed E-state index contributed by atoms with van der Waals surface area (Å²) in [6.45, 7) is 2.25. The van der Waals surface area contributed by atoms with Gasteiger partial charge in [-0.25, -0.2) is 0 Å². The summed E-state index contributed by atoms with van der Waals surface area (Å²) in [6, 6.07) is 15.2. The predicted molar refractivity (Wildman–Crippen MR) is 123 cm³/mol. The molecule has 7 heteroatoms. The zero-order chi connectivity index (χ0) is 21.1. The van der Waals surface area contributed by atoms with Crippen molar-refractivity contribution in [2.75, 3.05) is 6.54 Å². The van der Waals surface area contributed by atoms with E-state index in [1.807, 2.05) is 47.8 Å². The van der Waals surface area contributed by atoms with E-state index in [1.165, 1.54) is 14.7 Å². The van der Waals surface area contributed by atoms with Crippen LogP contribution in [-0.2, 0) is 0 Å². The fourth-order valence-corrected chi connectivity index (χ4v) is 6.63. The van der Waals surface area contributed by atoms with Gasteiger partial charge in [0.15, 0.2) is 0 Å². The van der Waals surface area contributed by atoms with E-state index in [0.29, 0.717) is 29.9 Å². The molecule has 0 spiro atoms. The van der Waals surface area contributed by atoms with E-state index >= 15 is 0 Å². The average Bonchev–Trinajstić information content (AvgIpc) is 3.25. The van der Waals surface area contributed by atoms with Crippen LogP contribution in [0, 0.1) is 0 Å². The summed E-state index contributed by atoms with van der Waals surface area (Å²) in [4.78, 5) is 34.2. The van der Waals surface area contributed by atoms with Gasteiger partial charge < -0.3 is 5.73 Å². The molecule has 0 fully saturated rings. The summed E-state index contributed by atoms with van der Waals surface area (Å²) in [7, 11) is 0. The van der Waals surface area contributed by atoms with Crippen molar-refractivity contribution in [2.24, 2.45) is 10.7 Å². The Morgan fingerprint density at radius 2 is 1.60 bits per heavy atom. The topological polar surface area (TPSA) is 75.8 Å². The molecule has 0 aliphatic carbocycles. The first kappa shape index (κ1) is 20.8. The summed E-state index contributed by atoms with van der Waals surface area (Å²) >= 11 is 3.62. The number of carbonyl (C=O) groups excluding carboxylic acids is 2. The van der Waals surface area contributed by atoms with Gasteiger partial charge in [0.2, 0.25) is 0 Å². The number of aliphatic imine (C=N–C) groups is 1. The van der Waals surface area contributed by atoms with E-state index in [-0.39, 0.29) is 22.4 Å². The maximum atomic E-state index is 13.0. The third-order valence-corrected chi connectivity index (χ3v) is 7.88. The maximum Gasteiger partial charge on any atom is 0.261 e. The Kier molecular flexibility index (Phi) is 6.29. The third-order valence-electron chi connectivity index (χ3n) is 5.04. The van der Waals surface area contributed by atoms with Crippen molar-refractivity contribution in [3.8, 4) is 0 Å². The van der Waals surface area contributed by atoms with Crippen LogP contribution in [0.3, 0.4) is 0 Å². The quantitative estimate of drug-likeness (QED) is 0.297. The highest BCUT2D eigenvalue weighted by Crippen LogP contribution is 2.50. The standard InChI is InChI=1S/C23H23N3O2S2/c1-15(24)25-13-7-6-8-16(14-21-29-19-11-4-5-12-20(19)30-21)26-22(27)17-9-2-3-10-18(17)23(26)28/h2-7,9-12,16,21H,8,13-14H2,1H3,(H2,24,25). The first-order valence-electron chi connectivity index (χ1n) is 9.85. The van der Waals surface area contributed by atoms with Gasteiger partial charge in [0, 0.05) is 15.8 Å². The summed E-state index contributed by atoms with van der Waals surface area (Å²) in [6.07, 6.45) is 5.25. The van der Waals surface area contributed by atoms with Crippen molar-refractivity contribution in [2.45, 2.75) is 40.2 Å². The average molecular weight is 438 g/mol. The molecule has 2 aromatic rings. The monoisotopic (exact) mass is 437 g/mol. The number of hydrogen-bond acceptors (Lipinski definition) is 5. The van der Waals surface area contributed by atoms with Gasteiger partial charge in [0.1, 0.15) is 0 Å². The summed E-state index contributed by atoms with van der Waals surface area (Å²) in [5.41, 5.74) is 6.57. The Morgan fingerprint density at radius 3 is 2.17 bits per heavy atom. The van der Waals surface area contributed by atoms with E-state index in [1.54, 1.807) is 31.2 Å². The Labute approximate surface area is 184 Å². The highest BCUT2D eigenvalue weighted by molar-refractivity contribution is 8.19. The molecule has 0 saturated heterocycles. The molecule has 1 atom stereocenters. The SMILES string of the molecule is CC(N)=NCC=CCC(CC1Sc2ccccc2S1)N1C(=O)c2ccccc2C1=O. The van der Waals surface area contributed by atoms with Gasteiger partial charge >= 0.3 is 0 Å². The number of benzene rings is 2. The second-order valence-electron chi connectivity index (χ2n) is 7.22. The second kappa shape index (κ2) is 9.10. The maximum absolute atomic E-state index is 13.0. The molecule has 0 saturated carbocycles. The zero-order valence-corrected chi connectivity index (χ0v) is 18.3. The Balaban J connectivity index is 1.53. The molecule has 2 amide bonds. The number of amidine groups is 1. The Bertz CT molecular complexity index is 971. The molecule has 30 heavy (non-hydrogen) atoms. The highest BCUT2D eigenvalue weighted by Gasteiger charge is 2.40. The molecule has 0 aromatic heterocycles. The van der Waals surface area contributed by atoms with Crippen LogP contribution in [0.1, 0.15) is 40.5 Å². The number of hydrogen-bond donors (Lipinski definition) is 1. The van der Waals surface area contributed by atoms with Crippen LogP contribution in [0.2, 0.25) is 0 Å². The summed E-state index contributed by atoms with van der Waals surface area (Å²) in [5.74, 6) is 0.138. The van der Waals surface area contributed by atoms with Crippen molar-refractivity contribution in [1.29, 1.82) is 0 Å². The molecule has 5 nitrogen and oxygen atoms in total. The minimum Gasteiger partial charge on any atom is -0.388 e. The Morgan fingerprint density at radius 1 is 1.03 bits per heavy atom. The fourth-order valence-electron chi connectivity index (χ4n) is 3.64. The van der Waals surface area contributed by atoms with Crippen LogP contribution in [0.5, 0.6) is 0 Å². The fraction of sp³-hybridized carbons (Fsp3) is 0.261. The van der Waals surface area contributed by atoms with E-state index in [0.717, 1.165) is 6.42 Å². The predicted octanol–water partition coefficient (Wildman–Crippen LogP) is 4.59. The Hall–Kier alpha value is -2.51. The van der Waals surface area contributed by atoms with Crippen molar-refractivity contribution in [1.82, 2.24) is 4.90 Å². The van der Waals surface area contributed by atoms with E-state index in [2.05, 4.69) is 17.1 Å². The van der Waals surface area contributed by atoms with Crippen molar-refractivity contribution >= 4 is 41.2 Å². The molecule has 2 aromatic carbocycles. The first-order valence-corrected chi connectivity index (χ1v) is 11.6. The third kappa shape index (κ3) is 4.32. The largest absolute Gasteiger partial charge is 0.388 e. The minimum atomic E-state index is -0.212. The molecular formula is C23H23N3O2S2. The number of imide groups is 1. The molecule has 1 unspecified atom stereocenters. The van der Waals surface area contributed by atoms with Crippen LogP contribution in [-0.4, -0.2) is 39.7 Å². The van der Waals surface area contributed by atoms with Crippen LogP contribution < -0.4 is 5.73 Å². The van der Waals surface area contributed by atoms with Crippen LogP contribution in [0.4, 0.5) is 0 Å². The lowest BCUT2D eigenvalue weighted by molar-refractivity contribution is 0.0581. The number of nitrogens with zero attached hydrogens (tertiary/aromatic N) is 2. The second-order valence-corrected chi connectivity index (χ2v) is 10.0. The molecular weight excluding hydrogens is 414 g/mol. The molecule has 4 rings (SSSR count).